The molecule has 2 bridgehead atoms. The van der Waals surface area contributed by atoms with Gasteiger partial charge in [-0.2, -0.15) is 0 Å². The van der Waals surface area contributed by atoms with E-state index in [1.807, 2.05) is 53.4 Å². The summed E-state index contributed by atoms with van der Waals surface area (Å²) in [6.45, 7) is 0. The van der Waals surface area contributed by atoms with Crippen LogP contribution in [0.5, 0.6) is 0 Å². The number of piperidine rings is 1. The molecule has 3 fully saturated rings. The highest BCUT2D eigenvalue weighted by molar-refractivity contribution is 6.24. The Balaban J connectivity index is 1.51. The molecule has 0 spiro atoms. The minimum atomic E-state index is -0.0484. The number of guanidine groups is 1. The van der Waals surface area contributed by atoms with Crippen molar-refractivity contribution in [3.8, 4) is 0 Å². The first kappa shape index (κ1) is 15.9. The summed E-state index contributed by atoms with van der Waals surface area (Å²) in [5.41, 5.74) is 1.80. The molecule has 4 heteroatoms. The fraction of sp³-hybridized carbons (Fsp3) is 0.250. The topological polar surface area (TPSA) is 35.9 Å². The molecule has 138 valence electrons. The van der Waals surface area contributed by atoms with Crippen LogP contribution in [-0.2, 0) is 4.79 Å². The standard InChI is InChI=1S/C24H21N3O/c28-23-22-18-11-13-20(15-18)26(22)24(25-19-8-2-1-3-9-19)27(23)21-12-10-16-6-4-5-7-17(16)14-21/h1-10,12,14,18,20,22H,11,13,15H2. The molecule has 0 N–H and O–H groups in total. The summed E-state index contributed by atoms with van der Waals surface area (Å²) in [6, 6.07) is 24.9. The maximum absolute atomic E-state index is 13.5. The lowest BCUT2D eigenvalue weighted by Gasteiger charge is -2.28. The van der Waals surface area contributed by atoms with E-state index in [1.165, 1.54) is 5.39 Å². The third-order valence-corrected chi connectivity index (χ3v) is 6.47. The van der Waals surface area contributed by atoms with Crippen LogP contribution in [0.3, 0.4) is 0 Å². The molecule has 1 saturated carbocycles. The summed E-state index contributed by atoms with van der Waals surface area (Å²) < 4.78 is 0. The number of fused-ring (bicyclic) bond motifs is 6. The minimum Gasteiger partial charge on any atom is -0.327 e. The third-order valence-electron chi connectivity index (χ3n) is 6.47. The van der Waals surface area contributed by atoms with E-state index in [0.29, 0.717) is 12.0 Å². The maximum Gasteiger partial charge on any atom is 0.256 e. The largest absolute Gasteiger partial charge is 0.327 e. The first-order chi connectivity index (χ1) is 13.8. The van der Waals surface area contributed by atoms with Gasteiger partial charge in [-0.05, 0) is 60.2 Å². The summed E-state index contributed by atoms with van der Waals surface area (Å²) in [4.78, 5) is 22.6. The van der Waals surface area contributed by atoms with Crippen molar-refractivity contribution in [3.63, 3.8) is 0 Å². The molecule has 3 unspecified atom stereocenters. The number of benzene rings is 3. The smallest absolute Gasteiger partial charge is 0.256 e. The third kappa shape index (κ3) is 2.24. The molecule has 1 amide bonds. The van der Waals surface area contributed by atoms with Gasteiger partial charge in [0.25, 0.3) is 5.91 Å². The normalized spacial score (nSPS) is 27.2. The minimum absolute atomic E-state index is 0.0484. The quantitative estimate of drug-likeness (QED) is 0.657. The number of aliphatic imine (C=N–C) groups is 1. The van der Waals surface area contributed by atoms with Crippen molar-refractivity contribution in [1.29, 1.82) is 0 Å². The van der Waals surface area contributed by atoms with Crippen LogP contribution in [0, 0.1) is 5.92 Å². The van der Waals surface area contributed by atoms with Gasteiger partial charge in [-0.15, -0.1) is 0 Å². The van der Waals surface area contributed by atoms with E-state index < -0.39 is 0 Å². The zero-order valence-electron chi connectivity index (χ0n) is 15.5. The molecule has 2 heterocycles. The van der Waals surface area contributed by atoms with Crippen LogP contribution >= 0.6 is 0 Å². The van der Waals surface area contributed by atoms with Crippen LogP contribution in [0.4, 0.5) is 11.4 Å². The van der Waals surface area contributed by atoms with Gasteiger partial charge >= 0.3 is 0 Å². The number of anilines is 1. The zero-order chi connectivity index (χ0) is 18.7. The molecule has 1 aliphatic carbocycles. The number of carbonyl (C=O) groups is 1. The molecule has 4 nitrogen and oxygen atoms in total. The lowest BCUT2D eigenvalue weighted by Crippen LogP contribution is -2.41. The molecule has 3 aliphatic rings. The van der Waals surface area contributed by atoms with E-state index in [4.69, 9.17) is 4.99 Å². The van der Waals surface area contributed by atoms with Gasteiger partial charge in [0, 0.05) is 6.04 Å². The zero-order valence-corrected chi connectivity index (χ0v) is 15.5. The summed E-state index contributed by atoms with van der Waals surface area (Å²) >= 11 is 0. The number of hydrogen-bond acceptors (Lipinski definition) is 2. The van der Waals surface area contributed by atoms with Crippen molar-refractivity contribution in [2.24, 2.45) is 10.9 Å². The fourth-order valence-corrected chi connectivity index (χ4v) is 5.22. The Morgan fingerprint density at radius 1 is 0.857 bits per heavy atom. The average Bonchev–Trinajstić information content (AvgIpc) is 3.42. The number of hydrogen-bond donors (Lipinski definition) is 0. The van der Waals surface area contributed by atoms with E-state index in [2.05, 4.69) is 29.2 Å². The van der Waals surface area contributed by atoms with Gasteiger partial charge < -0.3 is 4.90 Å². The van der Waals surface area contributed by atoms with Crippen molar-refractivity contribution in [2.45, 2.75) is 31.3 Å². The Hall–Kier alpha value is -3.14. The summed E-state index contributed by atoms with van der Waals surface area (Å²) in [6.07, 6.45) is 3.44. The average molecular weight is 367 g/mol. The van der Waals surface area contributed by atoms with E-state index >= 15 is 0 Å². The van der Waals surface area contributed by atoms with E-state index in [1.54, 1.807) is 0 Å². The van der Waals surface area contributed by atoms with Crippen molar-refractivity contribution in [2.75, 3.05) is 4.90 Å². The van der Waals surface area contributed by atoms with Gasteiger partial charge in [-0.1, -0.05) is 48.5 Å². The number of para-hydroxylation sites is 1. The molecule has 6 rings (SSSR count). The Kier molecular flexibility index (Phi) is 3.36. The van der Waals surface area contributed by atoms with Crippen LogP contribution in [0.15, 0.2) is 77.8 Å². The fourth-order valence-electron chi connectivity index (χ4n) is 5.22. The number of amides is 1. The molecule has 0 aromatic heterocycles. The van der Waals surface area contributed by atoms with E-state index in [9.17, 15) is 4.79 Å². The van der Waals surface area contributed by atoms with Gasteiger partial charge in [-0.25, -0.2) is 9.89 Å². The Labute approximate surface area is 164 Å². The molecule has 2 saturated heterocycles. The molecule has 3 aromatic carbocycles. The first-order valence-electron chi connectivity index (χ1n) is 10.0. The van der Waals surface area contributed by atoms with Crippen LogP contribution in [-0.4, -0.2) is 28.9 Å². The molecule has 3 atom stereocenters. The second-order valence-corrected chi connectivity index (χ2v) is 8.03. The van der Waals surface area contributed by atoms with Crippen molar-refractivity contribution >= 4 is 34.0 Å². The van der Waals surface area contributed by atoms with Crippen molar-refractivity contribution in [3.05, 3.63) is 72.8 Å². The molecular weight excluding hydrogens is 346 g/mol. The lowest BCUT2D eigenvalue weighted by atomic mass is 9.99. The van der Waals surface area contributed by atoms with Gasteiger partial charge in [0.15, 0.2) is 0 Å². The number of carbonyl (C=O) groups excluding carboxylic acids is 1. The summed E-state index contributed by atoms with van der Waals surface area (Å²) in [5.74, 6) is 1.43. The highest BCUT2D eigenvalue weighted by Gasteiger charge is 2.58. The predicted octanol–water partition coefficient (Wildman–Crippen LogP) is 4.73. The molecule has 3 aromatic rings. The number of rotatable bonds is 2. The molecule has 0 radical (unpaired) electrons. The highest BCUT2D eigenvalue weighted by atomic mass is 16.2. The van der Waals surface area contributed by atoms with Gasteiger partial charge in [0.1, 0.15) is 6.04 Å². The Bertz CT molecular complexity index is 1110. The highest BCUT2D eigenvalue weighted by Crippen LogP contribution is 2.47. The van der Waals surface area contributed by atoms with Gasteiger partial charge in [-0.3, -0.25) is 4.79 Å². The Morgan fingerprint density at radius 3 is 2.50 bits per heavy atom. The first-order valence-corrected chi connectivity index (χ1v) is 10.0. The molecular formula is C24H21N3O. The summed E-state index contributed by atoms with van der Waals surface area (Å²) in [5, 5.41) is 2.32. The van der Waals surface area contributed by atoms with E-state index in [0.717, 1.165) is 42.0 Å². The maximum atomic E-state index is 13.5. The van der Waals surface area contributed by atoms with Gasteiger partial charge in [0.2, 0.25) is 5.96 Å². The predicted molar refractivity (Wildman–Crippen MR) is 112 cm³/mol. The van der Waals surface area contributed by atoms with Crippen LogP contribution in [0.1, 0.15) is 19.3 Å². The van der Waals surface area contributed by atoms with E-state index in [-0.39, 0.29) is 11.9 Å². The van der Waals surface area contributed by atoms with Gasteiger partial charge in [0.05, 0.1) is 11.4 Å². The SMILES string of the molecule is O=C1C2C3CCC(C3)N2C(=Nc2ccccc2)N1c1ccc2ccccc2c1. The monoisotopic (exact) mass is 367 g/mol. The molecule has 2 aliphatic heterocycles. The lowest BCUT2D eigenvalue weighted by molar-refractivity contribution is -0.120. The van der Waals surface area contributed by atoms with Crippen LogP contribution < -0.4 is 4.90 Å². The summed E-state index contributed by atoms with van der Waals surface area (Å²) in [7, 11) is 0. The number of nitrogens with zero attached hydrogens (tertiary/aromatic N) is 3. The second kappa shape index (κ2) is 5.93. The Morgan fingerprint density at radius 2 is 1.64 bits per heavy atom. The molecule has 28 heavy (non-hydrogen) atoms. The van der Waals surface area contributed by atoms with Crippen molar-refractivity contribution < 1.29 is 4.79 Å². The second-order valence-electron chi connectivity index (χ2n) is 8.03. The van der Waals surface area contributed by atoms with Crippen molar-refractivity contribution in [1.82, 2.24) is 4.90 Å². The van der Waals surface area contributed by atoms with Crippen LogP contribution in [0.2, 0.25) is 0 Å². The van der Waals surface area contributed by atoms with Crippen LogP contribution in [0.25, 0.3) is 10.8 Å².